The van der Waals surface area contributed by atoms with Crippen molar-refractivity contribution in [1.82, 2.24) is 14.8 Å². The van der Waals surface area contributed by atoms with Gasteiger partial charge in [0.25, 0.3) is 0 Å². The first-order valence-corrected chi connectivity index (χ1v) is 11.5. The minimum Gasteiger partial charge on any atom is -0.384 e. The topological polar surface area (TPSA) is 55.1 Å². The van der Waals surface area contributed by atoms with Crippen LogP contribution < -0.4 is 5.32 Å². The number of aliphatic imine (C=N–C) groups is 1. The van der Waals surface area contributed by atoms with Gasteiger partial charge in [-0.15, -0.1) is 0 Å². The number of aryl methyl sites for hydroxylation is 2. The molecule has 1 aliphatic carbocycles. The molecule has 30 heavy (non-hydrogen) atoms. The standard InChI is InChI=1S/C25H33N5/c1-4-7-15-26-22-20-14-13-18-11-9-10-12-19(18)23(27-16-8-5-2)24(20)29-25-21(22)17-28-30(25)6-3/h9-12,17H,4-8,13-16H2,1-3H3,(H,26,29). The lowest BCUT2D eigenvalue weighted by molar-refractivity contribution is 0.676. The largest absolute Gasteiger partial charge is 0.384 e. The average molecular weight is 404 g/mol. The summed E-state index contributed by atoms with van der Waals surface area (Å²) in [5.74, 6) is 0. The molecule has 2 heterocycles. The highest BCUT2D eigenvalue weighted by atomic mass is 15.3. The van der Waals surface area contributed by atoms with Gasteiger partial charge in [0.1, 0.15) is 0 Å². The average Bonchev–Trinajstić information content (AvgIpc) is 3.12. The molecule has 0 bridgehead atoms. The summed E-state index contributed by atoms with van der Waals surface area (Å²) in [5.41, 5.74) is 8.15. The molecule has 0 atom stereocenters. The Kier molecular flexibility index (Phi) is 6.46. The van der Waals surface area contributed by atoms with E-state index in [-0.39, 0.29) is 0 Å². The molecule has 4 rings (SSSR count). The van der Waals surface area contributed by atoms with Crippen LogP contribution in [-0.4, -0.2) is 33.6 Å². The SMILES string of the molecule is CCCCN=C1c2ccccc2CCc2c1nc1c(cnn1CC)c2NCCCC. The molecule has 0 saturated carbocycles. The highest BCUT2D eigenvalue weighted by molar-refractivity contribution is 6.16. The normalized spacial score (nSPS) is 14.6. The van der Waals surface area contributed by atoms with E-state index in [4.69, 9.17) is 9.98 Å². The van der Waals surface area contributed by atoms with Crippen LogP contribution in [0.2, 0.25) is 0 Å². The van der Waals surface area contributed by atoms with Crippen LogP contribution in [0.25, 0.3) is 11.0 Å². The Balaban J connectivity index is 1.94. The molecule has 0 aliphatic heterocycles. The summed E-state index contributed by atoms with van der Waals surface area (Å²) in [6, 6.07) is 8.71. The minimum atomic E-state index is 0.808. The van der Waals surface area contributed by atoms with Crippen LogP contribution in [-0.2, 0) is 19.4 Å². The van der Waals surface area contributed by atoms with Crippen LogP contribution >= 0.6 is 0 Å². The number of hydrogen-bond donors (Lipinski definition) is 1. The van der Waals surface area contributed by atoms with Gasteiger partial charge in [0.2, 0.25) is 0 Å². The number of fused-ring (bicyclic) bond motifs is 3. The molecule has 2 aromatic heterocycles. The van der Waals surface area contributed by atoms with Crippen molar-refractivity contribution in [1.29, 1.82) is 0 Å². The maximum atomic E-state index is 5.18. The second-order valence-electron chi connectivity index (χ2n) is 8.03. The Bertz CT molecular complexity index is 1050. The summed E-state index contributed by atoms with van der Waals surface area (Å²) in [4.78, 5) is 10.3. The molecule has 0 fully saturated rings. The summed E-state index contributed by atoms with van der Waals surface area (Å²) in [6.45, 7) is 9.18. The number of aromatic nitrogens is 3. The quantitative estimate of drug-likeness (QED) is 0.512. The maximum Gasteiger partial charge on any atom is 0.160 e. The van der Waals surface area contributed by atoms with Gasteiger partial charge in [0.15, 0.2) is 5.65 Å². The molecule has 0 radical (unpaired) electrons. The van der Waals surface area contributed by atoms with Gasteiger partial charge in [-0.05, 0) is 38.2 Å². The number of nitrogens with one attached hydrogen (secondary N) is 1. The zero-order valence-corrected chi connectivity index (χ0v) is 18.5. The van der Waals surface area contributed by atoms with E-state index in [1.54, 1.807) is 0 Å². The molecular formula is C25H33N5. The second-order valence-corrected chi connectivity index (χ2v) is 8.03. The summed E-state index contributed by atoms with van der Waals surface area (Å²) >= 11 is 0. The third kappa shape index (κ3) is 3.85. The summed E-state index contributed by atoms with van der Waals surface area (Å²) < 4.78 is 2.00. The Hall–Kier alpha value is -2.69. The van der Waals surface area contributed by atoms with Crippen molar-refractivity contribution in [2.75, 3.05) is 18.4 Å². The van der Waals surface area contributed by atoms with Gasteiger partial charge in [-0.2, -0.15) is 5.10 Å². The number of rotatable bonds is 8. The Morgan fingerprint density at radius 2 is 1.90 bits per heavy atom. The van der Waals surface area contributed by atoms with E-state index in [2.05, 4.69) is 55.5 Å². The van der Waals surface area contributed by atoms with Crippen LogP contribution in [0.1, 0.15) is 68.8 Å². The third-order valence-electron chi connectivity index (χ3n) is 5.94. The summed E-state index contributed by atoms with van der Waals surface area (Å²) in [5, 5.41) is 9.49. The van der Waals surface area contributed by atoms with Gasteiger partial charge in [0.05, 0.1) is 28.7 Å². The van der Waals surface area contributed by atoms with E-state index < -0.39 is 0 Å². The first kappa shape index (κ1) is 20.6. The third-order valence-corrected chi connectivity index (χ3v) is 5.94. The van der Waals surface area contributed by atoms with Gasteiger partial charge in [-0.25, -0.2) is 9.67 Å². The van der Waals surface area contributed by atoms with Crippen LogP contribution in [0.15, 0.2) is 35.5 Å². The molecule has 0 unspecified atom stereocenters. The van der Waals surface area contributed by atoms with Gasteiger partial charge >= 0.3 is 0 Å². The fourth-order valence-electron chi connectivity index (χ4n) is 4.26. The smallest absolute Gasteiger partial charge is 0.160 e. The number of benzene rings is 1. The van der Waals surface area contributed by atoms with Crippen molar-refractivity contribution < 1.29 is 0 Å². The van der Waals surface area contributed by atoms with E-state index in [0.717, 1.165) is 74.2 Å². The van der Waals surface area contributed by atoms with Crippen molar-refractivity contribution in [2.45, 2.75) is 65.8 Å². The van der Waals surface area contributed by atoms with Gasteiger partial charge in [0, 0.05) is 30.8 Å². The molecule has 0 spiro atoms. The van der Waals surface area contributed by atoms with E-state index in [1.165, 1.54) is 28.8 Å². The lowest BCUT2D eigenvalue weighted by Crippen LogP contribution is -2.14. The van der Waals surface area contributed by atoms with E-state index >= 15 is 0 Å². The van der Waals surface area contributed by atoms with Gasteiger partial charge in [-0.1, -0.05) is 51.0 Å². The van der Waals surface area contributed by atoms with E-state index in [9.17, 15) is 0 Å². The van der Waals surface area contributed by atoms with Crippen molar-refractivity contribution in [3.8, 4) is 0 Å². The van der Waals surface area contributed by atoms with Crippen molar-refractivity contribution in [2.24, 2.45) is 4.99 Å². The van der Waals surface area contributed by atoms with Crippen LogP contribution in [0.3, 0.4) is 0 Å². The fraction of sp³-hybridized carbons (Fsp3) is 0.480. The zero-order valence-electron chi connectivity index (χ0n) is 18.5. The molecule has 158 valence electrons. The number of unbranched alkanes of at least 4 members (excludes halogenated alkanes) is 2. The van der Waals surface area contributed by atoms with E-state index in [1.807, 2.05) is 10.9 Å². The van der Waals surface area contributed by atoms with Crippen molar-refractivity contribution in [3.05, 3.63) is 52.8 Å². The highest BCUT2D eigenvalue weighted by Crippen LogP contribution is 2.34. The van der Waals surface area contributed by atoms with Gasteiger partial charge in [-0.3, -0.25) is 4.99 Å². The Morgan fingerprint density at radius 1 is 1.07 bits per heavy atom. The monoisotopic (exact) mass is 403 g/mol. The van der Waals surface area contributed by atoms with Crippen molar-refractivity contribution in [3.63, 3.8) is 0 Å². The highest BCUT2D eigenvalue weighted by Gasteiger charge is 2.26. The molecule has 1 aliphatic rings. The summed E-state index contributed by atoms with van der Waals surface area (Å²) in [7, 11) is 0. The molecule has 0 amide bonds. The lowest BCUT2D eigenvalue weighted by atomic mass is 10.0. The molecule has 1 N–H and O–H groups in total. The first-order valence-electron chi connectivity index (χ1n) is 11.5. The zero-order chi connectivity index (χ0) is 20.9. The molecular weight excluding hydrogens is 370 g/mol. The number of hydrogen-bond acceptors (Lipinski definition) is 4. The van der Waals surface area contributed by atoms with E-state index in [0.29, 0.717) is 0 Å². The van der Waals surface area contributed by atoms with Gasteiger partial charge < -0.3 is 5.32 Å². The second kappa shape index (κ2) is 9.41. The van der Waals surface area contributed by atoms with Crippen LogP contribution in [0, 0.1) is 0 Å². The number of anilines is 1. The fourth-order valence-corrected chi connectivity index (χ4v) is 4.26. The lowest BCUT2D eigenvalue weighted by Gasteiger charge is -2.17. The number of nitrogens with zero attached hydrogens (tertiary/aromatic N) is 4. The molecule has 5 heteroatoms. The molecule has 5 nitrogen and oxygen atoms in total. The predicted molar refractivity (Wildman–Crippen MR) is 126 cm³/mol. The maximum absolute atomic E-state index is 5.18. The predicted octanol–water partition coefficient (Wildman–Crippen LogP) is 5.40. The summed E-state index contributed by atoms with van der Waals surface area (Å²) in [6.07, 6.45) is 8.51. The molecule has 0 saturated heterocycles. The Morgan fingerprint density at radius 3 is 2.70 bits per heavy atom. The van der Waals surface area contributed by atoms with Crippen LogP contribution in [0.4, 0.5) is 5.69 Å². The minimum absolute atomic E-state index is 0.808. The first-order chi connectivity index (χ1) is 14.8. The Labute approximate surface area is 179 Å². The number of pyridine rings is 1. The van der Waals surface area contributed by atoms with Crippen molar-refractivity contribution >= 4 is 22.4 Å². The molecule has 1 aromatic carbocycles. The molecule has 3 aromatic rings. The van der Waals surface area contributed by atoms with Crippen LogP contribution in [0.5, 0.6) is 0 Å².